The first-order valence-corrected chi connectivity index (χ1v) is 24.6. The normalized spacial score (nSPS) is 19.8. The van der Waals surface area contributed by atoms with Crippen molar-refractivity contribution in [1.29, 1.82) is 0 Å². The van der Waals surface area contributed by atoms with E-state index in [0.717, 1.165) is 25.9 Å². The van der Waals surface area contributed by atoms with Crippen LogP contribution >= 0.6 is 60.4 Å². The van der Waals surface area contributed by atoms with E-state index in [1.165, 1.54) is 14.4 Å². The van der Waals surface area contributed by atoms with Crippen LogP contribution in [0.2, 0.25) is 0 Å². The molecule has 1 saturated heterocycles. The number of hydrogen-bond donors (Lipinski definition) is 2. The van der Waals surface area contributed by atoms with Crippen LogP contribution < -0.4 is 32.7 Å². The van der Waals surface area contributed by atoms with Crippen LogP contribution in [0, 0.1) is 11.8 Å². The third kappa shape index (κ3) is 8.43. The van der Waals surface area contributed by atoms with Gasteiger partial charge < -0.3 is 0 Å². The predicted octanol–water partition coefficient (Wildman–Crippen LogP) is 3.87. The summed E-state index contributed by atoms with van der Waals surface area (Å²) in [6.45, 7) is 5.29. The fourth-order valence-electron chi connectivity index (χ4n) is 3.93. The molecule has 2 atom stereocenters. The SMILES string of the molecule is CC1CCI(C(=O)C(c2ccc(N)cc2N)I2C=IC([I-]C(=O)C(C)COCc3ccccc3)=C2)CC1. The molecule has 37 heavy (non-hydrogen) atoms. The summed E-state index contributed by atoms with van der Waals surface area (Å²) in [6, 6.07) is 15.8. The third-order valence-corrected chi connectivity index (χ3v) is 32.1. The molecule has 5 nitrogen and oxygen atoms in total. The Balaban J connectivity index is 1.43. The van der Waals surface area contributed by atoms with Gasteiger partial charge in [-0.25, -0.2) is 0 Å². The minimum atomic E-state index is -1.87. The molecule has 0 radical (unpaired) electrons. The average Bonchev–Trinajstić information content (AvgIpc) is 3.34. The molecule has 0 bridgehead atoms. The maximum absolute atomic E-state index is 14.0. The number of carbonyl (C=O) groups excluding carboxylic acids is 2. The molecule has 0 spiro atoms. The molecule has 1 fully saturated rings. The van der Waals surface area contributed by atoms with Crippen molar-refractivity contribution in [3.05, 3.63) is 65.3 Å². The number of nitrogen functional groups attached to an aromatic ring is 2. The van der Waals surface area contributed by atoms with Gasteiger partial charge in [0.05, 0.1) is 0 Å². The quantitative estimate of drug-likeness (QED) is 0.155. The van der Waals surface area contributed by atoms with Crippen LogP contribution in [-0.2, 0) is 20.9 Å². The molecular formula is C28H35I4N2O3-. The summed E-state index contributed by atoms with van der Waals surface area (Å²) in [5, 5.41) is 0. The zero-order chi connectivity index (χ0) is 26.4. The van der Waals surface area contributed by atoms with Gasteiger partial charge in [-0.15, -0.1) is 0 Å². The summed E-state index contributed by atoms with van der Waals surface area (Å²) >= 11 is -4.50. The van der Waals surface area contributed by atoms with Gasteiger partial charge in [0.1, 0.15) is 0 Å². The van der Waals surface area contributed by atoms with Crippen LogP contribution in [0.25, 0.3) is 0 Å². The van der Waals surface area contributed by atoms with E-state index >= 15 is 0 Å². The second-order valence-corrected chi connectivity index (χ2v) is 29.4. The van der Waals surface area contributed by atoms with E-state index in [4.69, 9.17) is 16.2 Å². The molecule has 0 aliphatic carbocycles. The molecule has 0 aromatic heterocycles. The Morgan fingerprint density at radius 3 is 2.57 bits per heavy atom. The van der Waals surface area contributed by atoms with Crippen molar-refractivity contribution in [3.8, 4) is 0 Å². The van der Waals surface area contributed by atoms with Gasteiger partial charge in [0.25, 0.3) is 0 Å². The molecular weight excluding hydrogens is 920 g/mol. The molecule has 204 valence electrons. The Morgan fingerprint density at radius 2 is 1.86 bits per heavy atom. The first-order chi connectivity index (χ1) is 17.8. The molecule has 0 amide bonds. The van der Waals surface area contributed by atoms with E-state index in [1.54, 1.807) is 0 Å². The molecule has 2 aromatic rings. The number of nitrogens with two attached hydrogens (primary N) is 2. The van der Waals surface area contributed by atoms with Crippen LogP contribution in [0.15, 0.2) is 54.2 Å². The number of halogens is 4. The van der Waals surface area contributed by atoms with Gasteiger partial charge in [-0.2, -0.15) is 0 Å². The zero-order valence-electron chi connectivity index (χ0n) is 21.1. The van der Waals surface area contributed by atoms with Gasteiger partial charge in [0.2, 0.25) is 0 Å². The Bertz CT molecular complexity index is 1160. The van der Waals surface area contributed by atoms with E-state index in [0.29, 0.717) is 32.2 Å². The van der Waals surface area contributed by atoms with Crippen molar-refractivity contribution in [1.82, 2.24) is 0 Å². The minimum absolute atomic E-state index is 0.0636. The van der Waals surface area contributed by atoms with Crippen molar-refractivity contribution in [3.63, 3.8) is 0 Å². The Hall–Kier alpha value is -0.130. The predicted molar refractivity (Wildman–Crippen MR) is 178 cm³/mol. The molecule has 2 aliphatic heterocycles. The van der Waals surface area contributed by atoms with Crippen molar-refractivity contribution in [2.75, 3.05) is 26.9 Å². The molecule has 2 unspecified atom stereocenters. The number of hydrogen-bond acceptors (Lipinski definition) is 5. The number of anilines is 2. The molecule has 2 aliphatic rings. The monoisotopic (exact) mass is 955 g/mol. The molecule has 2 heterocycles. The first-order valence-electron chi connectivity index (χ1n) is 12.3. The second kappa shape index (κ2) is 14.5. The first kappa shape index (κ1) is 29.8. The van der Waals surface area contributed by atoms with Gasteiger partial charge in [-0.05, 0) is 0 Å². The van der Waals surface area contributed by atoms with E-state index in [2.05, 4.69) is 13.0 Å². The van der Waals surface area contributed by atoms with Gasteiger partial charge in [0, 0.05) is 0 Å². The van der Waals surface area contributed by atoms with Crippen LogP contribution in [-0.4, -0.2) is 25.1 Å². The van der Waals surface area contributed by atoms with Gasteiger partial charge in [0.15, 0.2) is 0 Å². The van der Waals surface area contributed by atoms with Crippen LogP contribution in [0.5, 0.6) is 0 Å². The number of rotatable bonds is 11. The summed E-state index contributed by atoms with van der Waals surface area (Å²) < 4.78 is 15.2. The number of alkyl halides is 3. The fourth-order valence-corrected chi connectivity index (χ4v) is 37.2. The second-order valence-electron chi connectivity index (χ2n) is 9.34. The van der Waals surface area contributed by atoms with E-state index in [-0.39, 0.29) is 30.6 Å². The van der Waals surface area contributed by atoms with Gasteiger partial charge >= 0.3 is 258 Å². The Labute approximate surface area is 255 Å². The molecule has 9 heteroatoms. The topological polar surface area (TPSA) is 95.4 Å². The number of carbonyl (C=O) groups is 2. The fraction of sp³-hybridized carbons (Fsp3) is 0.393. The van der Waals surface area contributed by atoms with Crippen LogP contribution in [0.3, 0.4) is 0 Å². The molecule has 0 saturated carbocycles. The maximum atomic E-state index is 14.0. The van der Waals surface area contributed by atoms with Gasteiger partial charge in [-0.1, -0.05) is 0 Å². The Kier molecular flexibility index (Phi) is 11.7. The summed E-state index contributed by atoms with van der Waals surface area (Å²) in [5.41, 5.74) is 15.8. The van der Waals surface area contributed by atoms with Crippen molar-refractivity contribution in [2.45, 2.75) is 37.2 Å². The van der Waals surface area contributed by atoms with Crippen molar-refractivity contribution in [2.24, 2.45) is 11.8 Å². The molecule has 4 rings (SSSR count). The average molecular weight is 955 g/mol. The van der Waals surface area contributed by atoms with Crippen LogP contribution in [0.1, 0.15) is 41.7 Å². The molecule has 4 N–H and O–H groups in total. The summed E-state index contributed by atoms with van der Waals surface area (Å²) in [7, 11) is 0. The van der Waals surface area contributed by atoms with E-state index < -0.39 is 60.8 Å². The van der Waals surface area contributed by atoms with Crippen LogP contribution in [0.4, 0.5) is 11.4 Å². The van der Waals surface area contributed by atoms with Crippen molar-refractivity contribution < 1.29 is 35.5 Å². The summed E-state index contributed by atoms with van der Waals surface area (Å²) in [4.78, 5) is 27.1. The van der Waals surface area contributed by atoms with Gasteiger partial charge in [-0.3, -0.25) is 0 Å². The Morgan fingerprint density at radius 1 is 1.14 bits per heavy atom. The summed E-state index contributed by atoms with van der Waals surface area (Å²) in [5.74, 6) is 0.650. The number of ether oxygens (including phenoxy) is 1. The van der Waals surface area contributed by atoms with Crippen molar-refractivity contribution >= 4 is 81.3 Å². The standard InChI is InChI=1S/C28H35I4N2O3/c1-19-10-12-31(13-11-19)28(36)26(23-9-8-22(33)14-24(23)34)32-15-25(29-18-32)30-27(35)20(2)16-37-17-21-6-4-3-5-7-21/h3-9,14-15,18-20,26H,10-13,16-17,33-34H2,1-2H3/q-1. The zero-order valence-corrected chi connectivity index (χ0v) is 29.8. The third-order valence-electron chi connectivity index (χ3n) is 6.26. The molecule has 2 aromatic carbocycles. The number of benzene rings is 2. The van der Waals surface area contributed by atoms with E-state index in [9.17, 15) is 9.59 Å². The van der Waals surface area contributed by atoms with E-state index in [1.807, 2.05) is 55.5 Å². The summed E-state index contributed by atoms with van der Waals surface area (Å²) in [6.07, 6.45) is 2.38.